The Kier molecular flexibility index (Phi) is 11.5. The van der Waals surface area contributed by atoms with E-state index in [1.165, 1.54) is 27.0 Å². The van der Waals surface area contributed by atoms with Crippen LogP contribution in [0.1, 0.15) is 44.4 Å². The Hall–Kier alpha value is -4.73. The minimum Gasteiger partial charge on any atom is -0.469 e. The summed E-state index contributed by atoms with van der Waals surface area (Å²) in [6.07, 6.45) is -3.22. The summed E-state index contributed by atoms with van der Waals surface area (Å²) < 4.78 is 47.0. The molecule has 0 amide bonds. The van der Waals surface area contributed by atoms with Crippen molar-refractivity contribution in [3.63, 3.8) is 0 Å². The Morgan fingerprint density at radius 2 is 1.31 bits per heavy atom. The molecule has 8 nitrogen and oxygen atoms in total. The van der Waals surface area contributed by atoms with E-state index in [2.05, 4.69) is 4.99 Å². The molecule has 3 aromatic carbocycles. The van der Waals surface area contributed by atoms with Crippen molar-refractivity contribution in [1.82, 2.24) is 0 Å². The van der Waals surface area contributed by atoms with Gasteiger partial charge in [-0.1, -0.05) is 97.9 Å². The van der Waals surface area contributed by atoms with E-state index < -0.39 is 65.6 Å². The molecular weight excluding hydrogens is 584 g/mol. The smallest absolute Gasteiger partial charge is 0.342 e. The molecule has 0 spiro atoms. The quantitative estimate of drug-likeness (QED) is 0.103. The number of nitrogens with zero attached hydrogens (tertiary/aromatic N) is 1. The molecule has 0 N–H and O–H groups in total. The number of benzene rings is 3. The lowest BCUT2D eigenvalue weighted by atomic mass is 9.65. The van der Waals surface area contributed by atoms with E-state index in [9.17, 15) is 19.2 Å². The minimum absolute atomic E-state index is 0.355. The highest BCUT2D eigenvalue weighted by Crippen LogP contribution is 2.44. The highest BCUT2D eigenvalue weighted by Gasteiger charge is 2.69. The van der Waals surface area contributed by atoms with Gasteiger partial charge in [0.2, 0.25) is 11.0 Å². The summed E-state index contributed by atoms with van der Waals surface area (Å²) in [5.74, 6) is -8.03. The van der Waals surface area contributed by atoms with Crippen LogP contribution in [0.2, 0.25) is 0 Å². The highest BCUT2D eigenvalue weighted by atomic mass is 19.3. The van der Waals surface area contributed by atoms with Gasteiger partial charge in [0, 0.05) is 12.6 Å². The van der Waals surface area contributed by atoms with Gasteiger partial charge >= 0.3 is 17.9 Å². The topological polar surface area (TPSA) is 108 Å². The van der Waals surface area contributed by atoms with E-state index in [4.69, 9.17) is 14.2 Å². The molecule has 0 saturated heterocycles. The maximum absolute atomic E-state index is 15.6. The number of aliphatic imine (C=N–C) groups is 1. The molecule has 3 rings (SSSR count). The van der Waals surface area contributed by atoms with Crippen LogP contribution in [0, 0.1) is 11.3 Å². The third kappa shape index (κ3) is 8.06. The fraction of sp³-hybridized carbons (Fsp3) is 0.343. The molecule has 0 aliphatic heterocycles. The Morgan fingerprint density at radius 3 is 1.80 bits per heavy atom. The Bertz CT molecular complexity index is 1490. The number of halogens is 2. The van der Waals surface area contributed by atoms with Gasteiger partial charge in [0.15, 0.2) is 5.78 Å². The lowest BCUT2D eigenvalue weighted by molar-refractivity contribution is -0.190. The van der Waals surface area contributed by atoms with Gasteiger partial charge in [-0.05, 0) is 37.5 Å². The first-order chi connectivity index (χ1) is 21.3. The van der Waals surface area contributed by atoms with Crippen molar-refractivity contribution in [3.05, 3.63) is 108 Å². The summed E-state index contributed by atoms with van der Waals surface area (Å²) in [6, 6.07) is 24.6. The molecule has 238 valence electrons. The van der Waals surface area contributed by atoms with Gasteiger partial charge in [-0.3, -0.25) is 19.4 Å². The molecule has 3 aromatic rings. The van der Waals surface area contributed by atoms with Gasteiger partial charge in [-0.25, -0.2) is 13.6 Å². The van der Waals surface area contributed by atoms with Crippen molar-refractivity contribution in [3.8, 4) is 0 Å². The molecule has 10 heteroatoms. The molecule has 45 heavy (non-hydrogen) atoms. The standard InChI is InChI=1S/C35H37F2NO7/c1-24(28(39)43-5)35(30(36)37,32(42)44-23-27-19-13-8-14-20-27)29(40)34(31(41)45-33(2,3)4,21-25-15-9-6-10-16-25)38-22-26-17-11-7-12-18-26/h6-20,22,24,30H,21,23H2,1-5H3. The lowest BCUT2D eigenvalue weighted by Crippen LogP contribution is -2.64. The van der Waals surface area contributed by atoms with Crippen LogP contribution in [0.4, 0.5) is 8.78 Å². The number of methoxy groups -OCH3 is 1. The summed E-state index contributed by atoms with van der Waals surface area (Å²) in [5, 5.41) is 0. The van der Waals surface area contributed by atoms with E-state index in [-0.39, 0.29) is 0 Å². The van der Waals surface area contributed by atoms with E-state index in [1.54, 1.807) is 91.0 Å². The van der Waals surface area contributed by atoms with Crippen LogP contribution >= 0.6 is 0 Å². The molecule has 0 aliphatic rings. The first kappa shape index (κ1) is 34.8. The minimum atomic E-state index is -3.83. The maximum atomic E-state index is 15.6. The second-order valence-corrected chi connectivity index (χ2v) is 11.5. The van der Waals surface area contributed by atoms with Gasteiger partial charge in [0.05, 0.1) is 13.0 Å². The molecule has 0 saturated carbocycles. The number of alkyl halides is 2. The second kappa shape index (κ2) is 14.8. The number of ketones is 1. The van der Waals surface area contributed by atoms with Crippen LogP contribution < -0.4 is 0 Å². The first-order valence-corrected chi connectivity index (χ1v) is 14.3. The van der Waals surface area contributed by atoms with Crippen LogP contribution in [-0.4, -0.2) is 54.6 Å². The van der Waals surface area contributed by atoms with Gasteiger partial charge in [-0.2, -0.15) is 0 Å². The van der Waals surface area contributed by atoms with Crippen LogP contribution in [0.25, 0.3) is 0 Å². The summed E-state index contributed by atoms with van der Waals surface area (Å²) >= 11 is 0. The molecule has 3 atom stereocenters. The number of esters is 3. The fourth-order valence-corrected chi connectivity index (χ4v) is 4.77. The predicted octanol–water partition coefficient (Wildman–Crippen LogP) is 5.80. The van der Waals surface area contributed by atoms with Crippen LogP contribution in [0.3, 0.4) is 0 Å². The number of hydrogen-bond donors (Lipinski definition) is 0. The van der Waals surface area contributed by atoms with Gasteiger partial charge in [0.25, 0.3) is 6.43 Å². The second-order valence-electron chi connectivity index (χ2n) is 11.5. The van der Waals surface area contributed by atoms with Crippen molar-refractivity contribution in [2.24, 2.45) is 16.3 Å². The number of Topliss-reactive ketones (excluding diaryl/α,β-unsaturated/α-hetero) is 1. The van der Waals surface area contributed by atoms with Crippen molar-refractivity contribution < 1.29 is 42.2 Å². The van der Waals surface area contributed by atoms with Gasteiger partial charge in [-0.15, -0.1) is 0 Å². The molecule has 3 unspecified atom stereocenters. The number of rotatable bonds is 13. The monoisotopic (exact) mass is 621 g/mol. The van der Waals surface area contributed by atoms with Gasteiger partial charge < -0.3 is 14.2 Å². The maximum Gasteiger partial charge on any atom is 0.342 e. The number of hydrogen-bond acceptors (Lipinski definition) is 8. The Balaban J connectivity index is 2.35. The van der Waals surface area contributed by atoms with Gasteiger partial charge in [0.1, 0.15) is 12.2 Å². The molecule has 0 aromatic heterocycles. The van der Waals surface area contributed by atoms with E-state index in [0.717, 1.165) is 14.0 Å². The zero-order valence-corrected chi connectivity index (χ0v) is 25.9. The third-order valence-electron chi connectivity index (χ3n) is 7.16. The zero-order chi connectivity index (χ0) is 33.3. The molecule has 0 fully saturated rings. The largest absolute Gasteiger partial charge is 0.469 e. The van der Waals surface area contributed by atoms with Crippen molar-refractivity contribution in [2.75, 3.05) is 7.11 Å². The number of carbonyl (C=O) groups excluding carboxylic acids is 4. The lowest BCUT2D eigenvalue weighted by Gasteiger charge is -2.39. The SMILES string of the molecule is COC(=O)C(C)C(C(=O)OCc1ccccc1)(C(=O)C(Cc1ccccc1)(N=Cc1ccccc1)C(=O)OC(C)(C)C)C(F)F. The predicted molar refractivity (Wildman–Crippen MR) is 164 cm³/mol. The molecule has 0 bridgehead atoms. The van der Waals surface area contributed by atoms with E-state index in [0.29, 0.717) is 16.7 Å². The Morgan fingerprint density at radius 1 is 0.800 bits per heavy atom. The summed E-state index contributed by atoms with van der Waals surface area (Å²) in [5.41, 5.74) is -6.26. The third-order valence-corrected chi connectivity index (χ3v) is 7.16. The van der Waals surface area contributed by atoms with Crippen molar-refractivity contribution in [1.29, 1.82) is 0 Å². The number of ether oxygens (including phenoxy) is 3. The number of carbonyl (C=O) groups is 4. The van der Waals surface area contributed by atoms with Crippen molar-refractivity contribution in [2.45, 2.75) is 58.3 Å². The molecule has 0 aliphatic carbocycles. The van der Waals surface area contributed by atoms with Crippen LogP contribution in [0.5, 0.6) is 0 Å². The van der Waals surface area contributed by atoms with Crippen molar-refractivity contribution >= 4 is 29.9 Å². The van der Waals surface area contributed by atoms with Crippen LogP contribution in [-0.2, 0) is 46.4 Å². The average Bonchev–Trinajstić information content (AvgIpc) is 3.02. The molecular formula is C35H37F2NO7. The highest BCUT2D eigenvalue weighted by molar-refractivity contribution is 6.20. The Labute approximate surface area is 261 Å². The molecule has 0 radical (unpaired) electrons. The average molecular weight is 622 g/mol. The van der Waals surface area contributed by atoms with Crippen LogP contribution in [0.15, 0.2) is 96.0 Å². The summed E-state index contributed by atoms with van der Waals surface area (Å²) in [6.45, 7) is 5.09. The first-order valence-electron chi connectivity index (χ1n) is 14.3. The zero-order valence-electron chi connectivity index (χ0n) is 25.9. The molecule has 0 heterocycles. The summed E-state index contributed by atoms with van der Waals surface area (Å²) in [4.78, 5) is 60.5. The fourth-order valence-electron chi connectivity index (χ4n) is 4.77. The normalized spacial score (nSPS) is 15.0. The summed E-state index contributed by atoms with van der Waals surface area (Å²) in [7, 11) is 0.938. The van der Waals surface area contributed by atoms with E-state index in [1.807, 2.05) is 0 Å². The van der Waals surface area contributed by atoms with E-state index >= 15 is 8.78 Å².